The van der Waals surface area contributed by atoms with Crippen molar-refractivity contribution in [1.82, 2.24) is 0 Å². The Morgan fingerprint density at radius 1 is 0.947 bits per heavy atom. The first-order valence-corrected chi connectivity index (χ1v) is 7.04. The third kappa shape index (κ3) is 1.63. The van der Waals surface area contributed by atoms with Crippen molar-refractivity contribution >= 4 is 6.08 Å². The van der Waals surface area contributed by atoms with Crippen LogP contribution in [0.4, 0.5) is 4.39 Å². The number of halogens is 1. The van der Waals surface area contributed by atoms with E-state index in [1.54, 1.807) is 6.07 Å². The Bertz CT molecular complexity index is 545. The number of fused-ring (bicyclic) bond motifs is 1. The molecule has 19 heavy (non-hydrogen) atoms. The van der Waals surface area contributed by atoms with Gasteiger partial charge in [0.05, 0.1) is 0 Å². The lowest BCUT2D eigenvalue weighted by Gasteiger charge is -2.44. The predicted molar refractivity (Wildman–Crippen MR) is 80.9 cm³/mol. The van der Waals surface area contributed by atoms with Crippen LogP contribution in [0.1, 0.15) is 65.2 Å². The quantitative estimate of drug-likeness (QED) is 0.629. The Hall–Kier alpha value is -1.11. The number of allylic oxidation sites excluding steroid dienone is 1. The maximum absolute atomic E-state index is 14.6. The largest absolute Gasteiger partial charge is 0.207 e. The standard InChI is InChI=1S/C18H25F/c1-8-9-12-10-13-15(14(19)11-12)17(4,5)18(6,7)16(13,2)3/h8-11H,1-7H3/b9-8+. The fourth-order valence-electron chi connectivity index (χ4n) is 3.47. The van der Waals surface area contributed by atoms with Gasteiger partial charge in [0.1, 0.15) is 5.82 Å². The molecule has 0 aromatic heterocycles. The van der Waals surface area contributed by atoms with Gasteiger partial charge >= 0.3 is 0 Å². The lowest BCUT2D eigenvalue weighted by Crippen LogP contribution is -2.42. The SMILES string of the molecule is C/C=C/c1cc(F)c2c(c1)C(C)(C)C(C)(C)C2(C)C. The molecule has 0 nitrogen and oxygen atoms in total. The van der Waals surface area contributed by atoms with E-state index in [-0.39, 0.29) is 22.1 Å². The van der Waals surface area contributed by atoms with Crippen molar-refractivity contribution in [3.8, 4) is 0 Å². The minimum Gasteiger partial charge on any atom is -0.207 e. The van der Waals surface area contributed by atoms with Gasteiger partial charge in [-0.25, -0.2) is 4.39 Å². The molecule has 0 spiro atoms. The number of benzene rings is 1. The normalized spacial score (nSPS) is 22.7. The van der Waals surface area contributed by atoms with Crippen molar-refractivity contribution in [1.29, 1.82) is 0 Å². The molecule has 0 heterocycles. The summed E-state index contributed by atoms with van der Waals surface area (Å²) in [5, 5.41) is 0. The molecule has 0 N–H and O–H groups in total. The van der Waals surface area contributed by atoms with Crippen molar-refractivity contribution in [3.05, 3.63) is 40.7 Å². The molecule has 2 rings (SSSR count). The summed E-state index contributed by atoms with van der Waals surface area (Å²) in [6.07, 6.45) is 3.93. The molecule has 0 radical (unpaired) electrons. The average Bonchev–Trinajstić information content (AvgIpc) is 2.36. The molecular weight excluding hydrogens is 235 g/mol. The van der Waals surface area contributed by atoms with Gasteiger partial charge in [-0.1, -0.05) is 59.8 Å². The van der Waals surface area contributed by atoms with Gasteiger partial charge in [-0.05, 0) is 45.9 Å². The summed E-state index contributed by atoms with van der Waals surface area (Å²) < 4.78 is 14.6. The maximum atomic E-state index is 14.6. The summed E-state index contributed by atoms with van der Waals surface area (Å²) in [5.41, 5.74) is 2.83. The van der Waals surface area contributed by atoms with Gasteiger partial charge in [0, 0.05) is 0 Å². The zero-order chi connectivity index (χ0) is 14.6. The van der Waals surface area contributed by atoms with Gasteiger partial charge in [-0.2, -0.15) is 0 Å². The Labute approximate surface area is 116 Å². The zero-order valence-electron chi connectivity index (χ0n) is 13.2. The molecule has 1 aliphatic rings. The van der Waals surface area contributed by atoms with Crippen LogP contribution in [0.5, 0.6) is 0 Å². The molecule has 1 heteroatoms. The van der Waals surface area contributed by atoms with E-state index in [0.29, 0.717) is 0 Å². The van der Waals surface area contributed by atoms with Crippen LogP contribution in [0, 0.1) is 11.2 Å². The zero-order valence-corrected chi connectivity index (χ0v) is 13.2. The summed E-state index contributed by atoms with van der Waals surface area (Å²) in [7, 11) is 0. The number of hydrogen-bond acceptors (Lipinski definition) is 0. The Kier molecular flexibility index (Phi) is 2.97. The summed E-state index contributed by atoms with van der Waals surface area (Å²) >= 11 is 0. The first-order valence-electron chi connectivity index (χ1n) is 7.04. The van der Waals surface area contributed by atoms with E-state index >= 15 is 0 Å². The van der Waals surface area contributed by atoms with E-state index in [1.165, 1.54) is 0 Å². The van der Waals surface area contributed by atoms with E-state index in [9.17, 15) is 4.39 Å². The van der Waals surface area contributed by atoms with E-state index in [0.717, 1.165) is 16.7 Å². The molecule has 0 aliphatic heterocycles. The Morgan fingerprint density at radius 2 is 1.53 bits per heavy atom. The van der Waals surface area contributed by atoms with E-state index in [2.05, 4.69) is 47.6 Å². The molecule has 1 aliphatic carbocycles. The lowest BCUT2D eigenvalue weighted by molar-refractivity contribution is 0.123. The highest BCUT2D eigenvalue weighted by Crippen LogP contribution is 2.62. The number of rotatable bonds is 1. The predicted octanol–water partition coefficient (Wildman–Crippen LogP) is 5.45. The molecule has 0 saturated carbocycles. The van der Waals surface area contributed by atoms with Crippen molar-refractivity contribution in [3.63, 3.8) is 0 Å². The molecule has 0 fully saturated rings. The molecule has 104 valence electrons. The van der Waals surface area contributed by atoms with Gasteiger partial charge in [0.25, 0.3) is 0 Å². The van der Waals surface area contributed by atoms with Crippen molar-refractivity contribution < 1.29 is 4.39 Å². The third-order valence-electron chi connectivity index (χ3n) is 5.90. The van der Waals surface area contributed by atoms with Crippen LogP contribution >= 0.6 is 0 Å². The average molecular weight is 260 g/mol. The van der Waals surface area contributed by atoms with Crippen LogP contribution in [0.2, 0.25) is 0 Å². The highest BCUT2D eigenvalue weighted by Gasteiger charge is 2.57. The molecular formula is C18H25F. The second-order valence-electron chi connectivity index (χ2n) is 7.30. The summed E-state index contributed by atoms with van der Waals surface area (Å²) in [5.74, 6) is -0.0609. The highest BCUT2D eigenvalue weighted by molar-refractivity contribution is 5.58. The molecule has 0 unspecified atom stereocenters. The summed E-state index contributed by atoms with van der Waals surface area (Å²) in [6, 6.07) is 3.83. The van der Waals surface area contributed by atoms with Gasteiger partial charge in [-0.15, -0.1) is 0 Å². The van der Waals surface area contributed by atoms with E-state index in [4.69, 9.17) is 0 Å². The summed E-state index contributed by atoms with van der Waals surface area (Å²) in [4.78, 5) is 0. The lowest BCUT2D eigenvalue weighted by atomic mass is 9.59. The fourth-order valence-corrected chi connectivity index (χ4v) is 3.47. The monoisotopic (exact) mass is 260 g/mol. The third-order valence-corrected chi connectivity index (χ3v) is 5.90. The van der Waals surface area contributed by atoms with Crippen molar-refractivity contribution in [2.45, 2.75) is 59.3 Å². The Morgan fingerprint density at radius 3 is 2.05 bits per heavy atom. The van der Waals surface area contributed by atoms with Crippen LogP contribution in [-0.2, 0) is 10.8 Å². The van der Waals surface area contributed by atoms with E-state index in [1.807, 2.05) is 19.1 Å². The van der Waals surface area contributed by atoms with Gasteiger partial charge in [-0.3, -0.25) is 0 Å². The maximum Gasteiger partial charge on any atom is 0.127 e. The molecule has 0 saturated heterocycles. The van der Waals surface area contributed by atoms with Crippen LogP contribution in [-0.4, -0.2) is 0 Å². The smallest absolute Gasteiger partial charge is 0.127 e. The minimum atomic E-state index is -0.162. The summed E-state index contributed by atoms with van der Waals surface area (Å²) in [6.45, 7) is 15.3. The van der Waals surface area contributed by atoms with Crippen LogP contribution < -0.4 is 0 Å². The van der Waals surface area contributed by atoms with Gasteiger partial charge in [0.15, 0.2) is 0 Å². The second-order valence-corrected chi connectivity index (χ2v) is 7.30. The minimum absolute atomic E-state index is 0.0116. The van der Waals surface area contributed by atoms with Crippen molar-refractivity contribution in [2.24, 2.45) is 5.41 Å². The Balaban J connectivity index is 2.82. The van der Waals surface area contributed by atoms with Gasteiger partial charge in [0.2, 0.25) is 0 Å². The first kappa shape index (κ1) is 14.3. The molecule has 0 bridgehead atoms. The van der Waals surface area contributed by atoms with Gasteiger partial charge < -0.3 is 0 Å². The van der Waals surface area contributed by atoms with Crippen molar-refractivity contribution in [2.75, 3.05) is 0 Å². The second kappa shape index (κ2) is 3.94. The fraction of sp³-hybridized carbons (Fsp3) is 0.556. The van der Waals surface area contributed by atoms with Crippen LogP contribution in [0.15, 0.2) is 18.2 Å². The van der Waals surface area contributed by atoms with Crippen LogP contribution in [0.25, 0.3) is 6.08 Å². The van der Waals surface area contributed by atoms with Crippen LogP contribution in [0.3, 0.4) is 0 Å². The molecule has 1 aromatic rings. The molecule has 0 atom stereocenters. The van der Waals surface area contributed by atoms with E-state index < -0.39 is 0 Å². The topological polar surface area (TPSA) is 0 Å². The highest BCUT2D eigenvalue weighted by atomic mass is 19.1. The molecule has 0 amide bonds. The molecule has 1 aromatic carbocycles. The first-order chi connectivity index (χ1) is 8.57. The number of hydrogen-bond donors (Lipinski definition) is 0.